The van der Waals surface area contributed by atoms with E-state index in [2.05, 4.69) is 53.7 Å². The van der Waals surface area contributed by atoms with E-state index in [9.17, 15) is 38.4 Å². The highest BCUT2D eigenvalue weighted by Gasteiger charge is 2.32. The first-order chi connectivity index (χ1) is 30.3. The molecule has 1 rings (SSSR count). The lowest BCUT2D eigenvalue weighted by atomic mass is 10.0. The fraction of sp³-hybridized carbons (Fsp3) is 0.780. The van der Waals surface area contributed by atoms with Crippen LogP contribution in [0.25, 0.3) is 0 Å². The predicted molar refractivity (Wildman–Crippen MR) is 245 cm³/mol. The predicted octanol–water partition coefficient (Wildman–Crippen LogP) is 0.212. The van der Waals surface area contributed by atoms with Gasteiger partial charge in [0.1, 0.15) is 18.1 Å². The van der Waals surface area contributed by atoms with Gasteiger partial charge < -0.3 is 66.6 Å². The van der Waals surface area contributed by atoms with Crippen molar-refractivity contribution in [3.8, 4) is 0 Å². The second-order valence-electron chi connectivity index (χ2n) is 17.6. The summed E-state index contributed by atoms with van der Waals surface area (Å²) in [6.07, 6.45) is 5.16. The summed E-state index contributed by atoms with van der Waals surface area (Å²) in [4.78, 5) is 106. The van der Waals surface area contributed by atoms with Crippen LogP contribution >= 0.6 is 20.5 Å². The first-order valence-electron chi connectivity index (χ1n) is 22.0. The monoisotopic (exact) mass is 966 g/mol. The fourth-order valence-electron chi connectivity index (χ4n) is 6.16. The fourth-order valence-corrected chi connectivity index (χ4v) is 6.86. The first kappa shape index (κ1) is 59.3. The molecule has 11 N–H and O–H groups in total. The number of aromatic amines is 1. The number of unbranched alkanes of at least 4 members (excludes halogenated alkanes) is 2. The van der Waals surface area contributed by atoms with Gasteiger partial charge in [-0.1, -0.05) is 33.6 Å². The molecule has 1 heterocycles. The number of nitrogens with zero attached hydrogens (tertiary/aromatic N) is 2. The Balaban J connectivity index is 2.97. The topological polar surface area (TPSA) is 326 Å². The van der Waals surface area contributed by atoms with E-state index < -0.39 is 79.5 Å². The lowest BCUT2D eigenvalue weighted by Gasteiger charge is -2.30. The van der Waals surface area contributed by atoms with Crippen molar-refractivity contribution < 1.29 is 62.2 Å². The summed E-state index contributed by atoms with van der Waals surface area (Å²) in [5.74, 6) is -3.49. The van der Waals surface area contributed by atoms with Crippen LogP contribution < -0.4 is 32.3 Å². The standard InChI is InChI=1S/C41H76N9O13PS/c1-9-10-11-16-50(35(53)12-17-61-41(7,8)14-18-62-40(5,6)13-15-44-36(54)30(42)25-65)23-34(52)47-31(19-27(2)3)38(56)48-32(20-29-22-43-26-46-29)39(57)49-33(24-51)37(55)45-21-28(4)63-64(58,59)60/h22,26-28,30-33,51,65H,9-21,23-25,42H2,1-8H3,(H,43,46)(H,44,54)(H,45,55)(H,47,52)(H,48,56)(H,49,57)(H2,58,59,60). The number of thiol groups is 1. The quantitative estimate of drug-likeness (QED) is 0.0250. The summed E-state index contributed by atoms with van der Waals surface area (Å²) in [5.41, 5.74) is 4.97. The molecule has 0 aliphatic rings. The van der Waals surface area contributed by atoms with Gasteiger partial charge in [-0.2, -0.15) is 12.6 Å². The molecule has 22 nitrogen and oxygen atoms in total. The van der Waals surface area contributed by atoms with Crippen LogP contribution in [0.15, 0.2) is 12.5 Å². The van der Waals surface area contributed by atoms with Crippen LogP contribution in [0.4, 0.5) is 0 Å². The van der Waals surface area contributed by atoms with Crippen molar-refractivity contribution in [2.24, 2.45) is 11.7 Å². The minimum atomic E-state index is -4.84. The van der Waals surface area contributed by atoms with Gasteiger partial charge in [0.25, 0.3) is 0 Å². The maximum absolute atomic E-state index is 13.9. The van der Waals surface area contributed by atoms with E-state index in [0.29, 0.717) is 44.7 Å². The van der Waals surface area contributed by atoms with Crippen LogP contribution in [-0.4, -0.2) is 158 Å². The highest BCUT2D eigenvalue weighted by atomic mass is 32.1. The number of aliphatic hydroxyl groups excluding tert-OH is 1. The van der Waals surface area contributed by atoms with E-state index in [1.54, 1.807) is 0 Å². The Morgan fingerprint density at radius 3 is 2.11 bits per heavy atom. The molecule has 0 saturated heterocycles. The van der Waals surface area contributed by atoms with Crippen LogP contribution in [0.3, 0.4) is 0 Å². The molecule has 0 radical (unpaired) electrons. The molecule has 0 aliphatic heterocycles. The number of phosphoric ester groups is 1. The third kappa shape index (κ3) is 26.3. The SMILES string of the molecule is CCCCCN(CC(=O)NC(CC(C)C)C(=O)NC(Cc1cnc[nH]1)C(=O)NC(CO)C(=O)NCC(C)OP(=O)(O)O)C(=O)CCOC(C)(C)CCOC(C)(C)CCNC(=O)C(N)CS. The van der Waals surface area contributed by atoms with Gasteiger partial charge >= 0.3 is 7.82 Å². The zero-order valence-electron chi connectivity index (χ0n) is 39.2. The van der Waals surface area contributed by atoms with Crippen LogP contribution in [-0.2, 0) is 53.8 Å². The minimum Gasteiger partial charge on any atom is -0.394 e. The summed E-state index contributed by atoms with van der Waals surface area (Å²) >= 11 is 4.05. The number of imidazole rings is 1. The van der Waals surface area contributed by atoms with Crippen LogP contribution in [0.5, 0.6) is 0 Å². The van der Waals surface area contributed by atoms with Gasteiger partial charge in [-0.25, -0.2) is 9.55 Å². The van der Waals surface area contributed by atoms with Crippen molar-refractivity contribution in [3.63, 3.8) is 0 Å². The van der Waals surface area contributed by atoms with Gasteiger partial charge in [0.2, 0.25) is 35.4 Å². The van der Waals surface area contributed by atoms with Crippen LogP contribution in [0, 0.1) is 5.92 Å². The Morgan fingerprint density at radius 1 is 0.892 bits per heavy atom. The smallest absolute Gasteiger partial charge is 0.394 e. The number of aromatic nitrogens is 2. The van der Waals surface area contributed by atoms with Gasteiger partial charge in [0, 0.05) is 43.7 Å². The molecule has 0 bridgehead atoms. The molecular formula is C41H76N9O13PS. The number of nitrogens with one attached hydrogen (secondary N) is 6. The second kappa shape index (κ2) is 29.9. The third-order valence-electron chi connectivity index (χ3n) is 9.95. The van der Waals surface area contributed by atoms with Gasteiger partial charge in [0.05, 0.1) is 62.5 Å². The summed E-state index contributed by atoms with van der Waals surface area (Å²) in [6.45, 7) is 14.2. The number of hydrogen-bond donors (Lipinski definition) is 11. The number of carbonyl (C=O) groups excluding carboxylic acids is 6. The number of ether oxygens (including phenoxy) is 2. The largest absolute Gasteiger partial charge is 0.469 e. The lowest BCUT2D eigenvalue weighted by Crippen LogP contribution is -2.58. The van der Waals surface area contributed by atoms with E-state index in [4.69, 9.17) is 25.0 Å². The number of rotatable bonds is 34. The molecule has 1 aromatic heterocycles. The maximum atomic E-state index is 13.9. The number of nitrogens with two attached hydrogens (primary N) is 1. The average Bonchev–Trinajstić information content (AvgIpc) is 3.72. The number of carbonyl (C=O) groups is 6. The van der Waals surface area contributed by atoms with Gasteiger partial charge in [-0.15, -0.1) is 0 Å². The van der Waals surface area contributed by atoms with E-state index in [1.807, 2.05) is 48.5 Å². The summed E-state index contributed by atoms with van der Waals surface area (Å²) < 4.78 is 27.8. The van der Waals surface area contributed by atoms with Gasteiger partial charge in [0.15, 0.2) is 0 Å². The number of amides is 6. The molecule has 0 saturated carbocycles. The first-order valence-corrected chi connectivity index (χ1v) is 24.2. The Labute approximate surface area is 388 Å². The molecule has 5 unspecified atom stereocenters. The second-order valence-corrected chi connectivity index (χ2v) is 19.1. The summed E-state index contributed by atoms with van der Waals surface area (Å²) in [5, 5.41) is 22.8. The number of phosphoric acid groups is 1. The maximum Gasteiger partial charge on any atom is 0.469 e. The molecule has 0 fully saturated rings. The van der Waals surface area contributed by atoms with Crippen molar-refractivity contribution in [3.05, 3.63) is 18.2 Å². The van der Waals surface area contributed by atoms with E-state index in [0.717, 1.165) is 12.8 Å². The molecule has 0 spiro atoms. The van der Waals surface area contributed by atoms with Crippen molar-refractivity contribution in [2.75, 3.05) is 51.8 Å². The molecule has 24 heteroatoms. The Morgan fingerprint density at radius 2 is 1.52 bits per heavy atom. The third-order valence-corrected chi connectivity index (χ3v) is 11.0. The molecule has 65 heavy (non-hydrogen) atoms. The molecule has 5 atom stereocenters. The van der Waals surface area contributed by atoms with Gasteiger partial charge in [-0.05, 0) is 66.2 Å². The number of hydrogen-bond acceptors (Lipinski definition) is 14. The van der Waals surface area contributed by atoms with E-state index in [-0.39, 0.29) is 62.4 Å². The number of H-pyrrole nitrogens is 1. The normalized spacial score (nSPS) is 14.4. The van der Waals surface area contributed by atoms with E-state index >= 15 is 0 Å². The summed E-state index contributed by atoms with van der Waals surface area (Å²) in [6, 6.07) is -4.66. The minimum absolute atomic E-state index is 0.00331. The Bertz CT molecular complexity index is 1670. The number of aliphatic hydroxyl groups is 1. The highest BCUT2D eigenvalue weighted by molar-refractivity contribution is 7.80. The molecular weight excluding hydrogens is 890 g/mol. The molecule has 0 aromatic carbocycles. The molecule has 0 aliphatic carbocycles. The van der Waals surface area contributed by atoms with Gasteiger partial charge in [-0.3, -0.25) is 33.3 Å². The molecule has 374 valence electrons. The van der Waals surface area contributed by atoms with E-state index in [1.165, 1.54) is 24.3 Å². The Hall–Kier alpha value is -3.67. The average molecular weight is 966 g/mol. The Kier molecular flexibility index (Phi) is 27.3. The van der Waals surface area contributed by atoms with Crippen molar-refractivity contribution in [1.82, 2.24) is 41.5 Å². The van der Waals surface area contributed by atoms with Crippen molar-refractivity contribution in [1.29, 1.82) is 0 Å². The zero-order chi connectivity index (χ0) is 49.4. The van der Waals surface area contributed by atoms with Crippen molar-refractivity contribution >= 4 is 55.9 Å². The van der Waals surface area contributed by atoms with Crippen LogP contribution in [0.1, 0.15) is 106 Å². The summed E-state index contributed by atoms with van der Waals surface area (Å²) in [7, 11) is -4.84. The molecule has 6 amide bonds. The van der Waals surface area contributed by atoms with Crippen molar-refractivity contribution in [2.45, 2.75) is 148 Å². The molecule has 1 aromatic rings. The highest BCUT2D eigenvalue weighted by Crippen LogP contribution is 2.37. The lowest BCUT2D eigenvalue weighted by molar-refractivity contribution is -0.139. The van der Waals surface area contributed by atoms with Crippen LogP contribution in [0.2, 0.25) is 0 Å². The zero-order valence-corrected chi connectivity index (χ0v) is 41.0.